The molecule has 2 aromatic carbocycles. The fourth-order valence-electron chi connectivity index (χ4n) is 3.38. The van der Waals surface area contributed by atoms with E-state index in [1.807, 2.05) is 31.2 Å². The van der Waals surface area contributed by atoms with Gasteiger partial charge in [-0.2, -0.15) is 0 Å². The van der Waals surface area contributed by atoms with E-state index >= 15 is 0 Å². The number of carbonyl (C=O) groups is 3. The van der Waals surface area contributed by atoms with Crippen molar-refractivity contribution in [2.45, 2.75) is 25.9 Å². The first kappa shape index (κ1) is 21.7. The number of benzene rings is 2. The average Bonchev–Trinajstić information content (AvgIpc) is 3.00. The van der Waals surface area contributed by atoms with Crippen molar-refractivity contribution in [3.63, 3.8) is 0 Å². The number of ether oxygens (including phenoxy) is 1. The van der Waals surface area contributed by atoms with Gasteiger partial charge in [0.25, 0.3) is 11.8 Å². The van der Waals surface area contributed by atoms with Gasteiger partial charge >= 0.3 is 0 Å². The van der Waals surface area contributed by atoms with Crippen LogP contribution in [0, 0.1) is 6.92 Å². The molecule has 1 heterocycles. The Labute approximate surface area is 175 Å². The van der Waals surface area contributed by atoms with Crippen LogP contribution >= 0.6 is 0 Å². The van der Waals surface area contributed by atoms with E-state index in [1.54, 1.807) is 24.3 Å². The van der Waals surface area contributed by atoms with Crippen molar-refractivity contribution in [2.75, 3.05) is 26.3 Å². The molecule has 0 bridgehead atoms. The number of carbonyl (C=O) groups excluding carboxylic acids is 3. The van der Waals surface area contributed by atoms with E-state index in [0.29, 0.717) is 17.5 Å². The van der Waals surface area contributed by atoms with Gasteiger partial charge in [0.15, 0.2) is 0 Å². The molecule has 0 spiro atoms. The van der Waals surface area contributed by atoms with Gasteiger partial charge in [0, 0.05) is 19.5 Å². The Morgan fingerprint density at radius 1 is 1.07 bits per heavy atom. The second kappa shape index (κ2) is 10.1. The number of hydrogen-bond acceptors (Lipinski definition) is 5. The Kier molecular flexibility index (Phi) is 7.32. The molecule has 0 aliphatic carbocycles. The van der Waals surface area contributed by atoms with Gasteiger partial charge < -0.3 is 15.2 Å². The molecule has 1 atom stereocenters. The Hall–Kier alpha value is -3.03. The molecular weight excluding hydrogens is 384 g/mol. The Morgan fingerprint density at radius 2 is 1.70 bits per heavy atom. The molecule has 2 N–H and O–H groups in total. The zero-order valence-electron chi connectivity index (χ0n) is 17.0. The van der Waals surface area contributed by atoms with Gasteiger partial charge in [0.05, 0.1) is 30.4 Å². The number of aliphatic hydroxyl groups is 1. The molecule has 7 nitrogen and oxygen atoms in total. The number of fused-ring (bicyclic) bond motifs is 1. The van der Waals surface area contributed by atoms with E-state index in [4.69, 9.17) is 9.84 Å². The molecule has 1 aliphatic rings. The SMILES string of the molecule is Cc1ccc(C(CNC(=O)CCCN2C(=O)c3ccccc3C2=O)OCCO)cc1. The molecule has 0 fully saturated rings. The third kappa shape index (κ3) is 5.11. The molecule has 158 valence electrons. The van der Waals surface area contributed by atoms with Crippen LogP contribution in [0.1, 0.15) is 50.8 Å². The predicted octanol–water partition coefficient (Wildman–Crippen LogP) is 2.24. The number of hydrogen-bond donors (Lipinski definition) is 2. The zero-order chi connectivity index (χ0) is 21.5. The van der Waals surface area contributed by atoms with Crippen molar-refractivity contribution in [3.05, 3.63) is 70.8 Å². The number of nitrogens with one attached hydrogen (secondary N) is 1. The molecule has 0 aromatic heterocycles. The van der Waals surface area contributed by atoms with Crippen LogP contribution in [-0.4, -0.2) is 54.0 Å². The topological polar surface area (TPSA) is 95.9 Å². The van der Waals surface area contributed by atoms with Gasteiger partial charge in [0.1, 0.15) is 0 Å². The molecule has 0 saturated carbocycles. The maximum Gasteiger partial charge on any atom is 0.261 e. The molecule has 1 unspecified atom stereocenters. The summed E-state index contributed by atoms with van der Waals surface area (Å²) < 4.78 is 5.66. The first-order valence-corrected chi connectivity index (χ1v) is 10.0. The Bertz CT molecular complexity index is 875. The fraction of sp³-hybridized carbons (Fsp3) is 0.348. The van der Waals surface area contributed by atoms with Crippen LogP contribution in [0.25, 0.3) is 0 Å². The summed E-state index contributed by atoms with van der Waals surface area (Å²) in [6.07, 6.45) is 0.204. The highest BCUT2D eigenvalue weighted by molar-refractivity contribution is 6.21. The van der Waals surface area contributed by atoms with E-state index in [1.165, 1.54) is 4.90 Å². The molecule has 30 heavy (non-hydrogen) atoms. The zero-order valence-corrected chi connectivity index (χ0v) is 17.0. The molecule has 0 saturated heterocycles. The molecule has 3 rings (SSSR count). The van der Waals surface area contributed by atoms with Crippen molar-refractivity contribution in [2.24, 2.45) is 0 Å². The fourth-order valence-corrected chi connectivity index (χ4v) is 3.38. The Morgan fingerprint density at radius 3 is 2.30 bits per heavy atom. The summed E-state index contributed by atoms with van der Waals surface area (Å²) in [7, 11) is 0. The third-order valence-corrected chi connectivity index (χ3v) is 5.01. The minimum atomic E-state index is -0.363. The summed E-state index contributed by atoms with van der Waals surface area (Å²) in [5, 5.41) is 11.9. The number of nitrogens with zero attached hydrogens (tertiary/aromatic N) is 1. The second-order valence-corrected chi connectivity index (χ2v) is 7.21. The smallest absolute Gasteiger partial charge is 0.261 e. The van der Waals surface area contributed by atoms with Crippen LogP contribution in [0.5, 0.6) is 0 Å². The monoisotopic (exact) mass is 410 g/mol. The minimum Gasteiger partial charge on any atom is -0.394 e. The highest BCUT2D eigenvalue weighted by Crippen LogP contribution is 2.22. The van der Waals surface area contributed by atoms with E-state index < -0.39 is 0 Å². The van der Waals surface area contributed by atoms with Gasteiger partial charge in [-0.05, 0) is 31.0 Å². The van der Waals surface area contributed by atoms with E-state index in [2.05, 4.69) is 5.32 Å². The number of amides is 3. The molecular formula is C23H26N2O5. The maximum absolute atomic E-state index is 12.3. The number of aliphatic hydroxyl groups excluding tert-OH is 1. The summed E-state index contributed by atoms with van der Waals surface area (Å²) in [5.41, 5.74) is 2.86. The first-order chi connectivity index (χ1) is 14.5. The molecule has 1 aliphatic heterocycles. The van der Waals surface area contributed by atoms with Crippen molar-refractivity contribution in [1.29, 1.82) is 0 Å². The summed E-state index contributed by atoms with van der Waals surface area (Å²) in [6, 6.07) is 14.5. The minimum absolute atomic E-state index is 0.101. The van der Waals surface area contributed by atoms with Crippen LogP contribution in [0.2, 0.25) is 0 Å². The molecule has 3 amide bonds. The number of rotatable bonds is 10. The van der Waals surface area contributed by atoms with E-state index in [-0.39, 0.29) is 56.5 Å². The largest absolute Gasteiger partial charge is 0.394 e. The summed E-state index contributed by atoms with van der Waals surface area (Å²) in [6.45, 7) is 2.53. The lowest BCUT2D eigenvalue weighted by molar-refractivity contribution is -0.122. The normalized spacial score (nSPS) is 14.0. The summed E-state index contributed by atoms with van der Waals surface area (Å²) in [4.78, 5) is 38.1. The van der Waals surface area contributed by atoms with E-state index in [0.717, 1.165) is 11.1 Å². The third-order valence-electron chi connectivity index (χ3n) is 5.01. The van der Waals surface area contributed by atoms with Crippen molar-refractivity contribution < 1.29 is 24.2 Å². The highest BCUT2D eigenvalue weighted by atomic mass is 16.5. The van der Waals surface area contributed by atoms with Gasteiger partial charge in [-0.15, -0.1) is 0 Å². The lowest BCUT2D eigenvalue weighted by atomic mass is 10.1. The second-order valence-electron chi connectivity index (χ2n) is 7.21. The number of aryl methyl sites for hydroxylation is 1. The summed E-state index contributed by atoms with van der Waals surface area (Å²) in [5.74, 6) is -0.808. The lowest BCUT2D eigenvalue weighted by Crippen LogP contribution is -2.33. The molecule has 2 aromatic rings. The van der Waals surface area contributed by atoms with Crippen LogP contribution in [0.3, 0.4) is 0 Å². The lowest BCUT2D eigenvalue weighted by Gasteiger charge is -2.19. The summed E-state index contributed by atoms with van der Waals surface area (Å²) >= 11 is 0. The highest BCUT2D eigenvalue weighted by Gasteiger charge is 2.34. The van der Waals surface area contributed by atoms with Gasteiger partial charge in [0.2, 0.25) is 5.91 Å². The average molecular weight is 410 g/mol. The van der Waals surface area contributed by atoms with Crippen LogP contribution < -0.4 is 5.32 Å². The maximum atomic E-state index is 12.3. The van der Waals surface area contributed by atoms with Crippen molar-refractivity contribution in [1.82, 2.24) is 10.2 Å². The van der Waals surface area contributed by atoms with Gasteiger partial charge in [-0.25, -0.2) is 0 Å². The first-order valence-electron chi connectivity index (χ1n) is 10.0. The predicted molar refractivity (Wildman–Crippen MR) is 111 cm³/mol. The molecule has 0 radical (unpaired) electrons. The molecule has 7 heteroatoms. The van der Waals surface area contributed by atoms with Gasteiger partial charge in [-0.1, -0.05) is 42.0 Å². The van der Waals surface area contributed by atoms with Crippen LogP contribution in [-0.2, 0) is 9.53 Å². The van der Waals surface area contributed by atoms with Gasteiger partial charge in [-0.3, -0.25) is 19.3 Å². The van der Waals surface area contributed by atoms with Crippen LogP contribution in [0.15, 0.2) is 48.5 Å². The van der Waals surface area contributed by atoms with Crippen LogP contribution in [0.4, 0.5) is 0 Å². The van der Waals surface area contributed by atoms with E-state index in [9.17, 15) is 14.4 Å². The standard InChI is InChI=1S/C23H26N2O5/c1-16-8-10-17(11-9-16)20(30-14-13-26)15-24-21(27)7-4-12-25-22(28)18-5-2-3-6-19(18)23(25)29/h2-3,5-6,8-11,20,26H,4,7,12-15H2,1H3,(H,24,27). The van der Waals surface area contributed by atoms with Crippen molar-refractivity contribution in [3.8, 4) is 0 Å². The number of imide groups is 1. The van der Waals surface area contributed by atoms with Crippen molar-refractivity contribution >= 4 is 17.7 Å². The Balaban J connectivity index is 1.47. The quantitative estimate of drug-likeness (QED) is 0.586.